The van der Waals surface area contributed by atoms with Gasteiger partial charge in [-0.3, -0.25) is 9.59 Å². The van der Waals surface area contributed by atoms with Crippen molar-refractivity contribution in [3.8, 4) is 5.75 Å². The number of carbonyl (C=O) groups excluding carboxylic acids is 2. The number of fused-ring (bicyclic) bond motifs is 2. The fraction of sp³-hybridized carbons (Fsp3) is 0.421. The largest absolute Gasteiger partial charge is 0.492 e. The number of aromatic nitrogens is 1. The number of nitrogens with zero attached hydrogens (tertiary/aromatic N) is 1. The first-order valence-corrected chi connectivity index (χ1v) is 9.75. The Hall–Kier alpha value is -1.92. The van der Waals surface area contributed by atoms with Gasteiger partial charge < -0.3 is 10.1 Å². The van der Waals surface area contributed by atoms with Crippen molar-refractivity contribution in [2.75, 3.05) is 11.9 Å². The van der Waals surface area contributed by atoms with Crippen LogP contribution in [-0.4, -0.2) is 23.3 Å². The topological polar surface area (TPSA) is 68.3 Å². The van der Waals surface area contributed by atoms with Crippen LogP contribution in [0.15, 0.2) is 18.2 Å². The van der Waals surface area contributed by atoms with E-state index >= 15 is 0 Å². The van der Waals surface area contributed by atoms with Crippen molar-refractivity contribution in [3.63, 3.8) is 0 Å². The van der Waals surface area contributed by atoms with Gasteiger partial charge in [-0.2, -0.15) is 0 Å². The van der Waals surface area contributed by atoms with Gasteiger partial charge in [-0.15, -0.1) is 0 Å². The number of halogens is 1. The Balaban J connectivity index is 1.49. The molecule has 0 saturated heterocycles. The summed E-state index contributed by atoms with van der Waals surface area (Å²) < 4.78 is 5.68. The van der Waals surface area contributed by atoms with E-state index < -0.39 is 0 Å². The zero-order chi connectivity index (χ0) is 18.5. The third-order valence-corrected chi connectivity index (χ3v) is 6.05. The summed E-state index contributed by atoms with van der Waals surface area (Å²) in [6, 6.07) is 5.44. The first kappa shape index (κ1) is 17.5. The summed E-state index contributed by atoms with van der Waals surface area (Å²) in [6.45, 7) is 4.44. The molecule has 2 heterocycles. The fourth-order valence-electron chi connectivity index (χ4n) is 3.51. The second-order valence-corrected chi connectivity index (χ2v) is 9.12. The predicted octanol–water partition coefficient (Wildman–Crippen LogP) is 4.14. The molecule has 1 atom stereocenters. The van der Waals surface area contributed by atoms with E-state index in [0.717, 1.165) is 23.4 Å². The Kier molecular flexibility index (Phi) is 4.28. The van der Waals surface area contributed by atoms with Crippen LogP contribution in [0.3, 0.4) is 0 Å². The summed E-state index contributed by atoms with van der Waals surface area (Å²) in [4.78, 5) is 30.1. The van der Waals surface area contributed by atoms with Gasteiger partial charge in [-0.1, -0.05) is 36.8 Å². The Morgan fingerprint density at radius 2 is 2.19 bits per heavy atom. The number of ketones is 1. The molecule has 2 aromatic rings. The highest BCUT2D eigenvalue weighted by atomic mass is 35.5. The maximum Gasteiger partial charge on any atom is 0.233 e. The molecule has 26 heavy (non-hydrogen) atoms. The summed E-state index contributed by atoms with van der Waals surface area (Å²) in [5.74, 6) is 0.428. The molecule has 136 valence electrons. The minimum Gasteiger partial charge on any atom is -0.492 e. The first-order chi connectivity index (χ1) is 12.3. The van der Waals surface area contributed by atoms with Crippen molar-refractivity contribution in [3.05, 3.63) is 39.4 Å². The summed E-state index contributed by atoms with van der Waals surface area (Å²) in [5, 5.41) is 3.98. The number of hydrogen-bond donors (Lipinski definition) is 1. The van der Waals surface area contributed by atoms with E-state index in [1.807, 2.05) is 12.1 Å². The SMILES string of the molecule is CC1(C)CC(=O)c2sc(NC(=O)C3COc4ccc(Cl)cc4C3)nc2C1. The maximum absolute atomic E-state index is 12.6. The maximum atomic E-state index is 12.6. The predicted molar refractivity (Wildman–Crippen MR) is 101 cm³/mol. The summed E-state index contributed by atoms with van der Waals surface area (Å²) in [6.07, 6.45) is 1.83. The molecule has 7 heteroatoms. The van der Waals surface area contributed by atoms with E-state index in [4.69, 9.17) is 16.3 Å². The van der Waals surface area contributed by atoms with Crippen molar-refractivity contribution >= 4 is 39.8 Å². The van der Waals surface area contributed by atoms with Crippen molar-refractivity contribution in [2.24, 2.45) is 11.3 Å². The standard InChI is InChI=1S/C19H19ClN2O3S/c1-19(2)7-13-16(14(23)8-19)26-18(21-13)22-17(24)11-5-10-6-12(20)3-4-15(10)25-9-11/h3-4,6,11H,5,7-9H2,1-2H3,(H,21,22,24). The van der Waals surface area contributed by atoms with E-state index in [-0.39, 0.29) is 23.0 Å². The molecular formula is C19H19ClN2O3S. The Morgan fingerprint density at radius 3 is 3.00 bits per heavy atom. The number of anilines is 1. The van der Waals surface area contributed by atoms with E-state index in [9.17, 15) is 9.59 Å². The van der Waals surface area contributed by atoms with Crippen molar-refractivity contribution in [1.29, 1.82) is 0 Å². The quantitative estimate of drug-likeness (QED) is 0.836. The molecule has 1 aromatic carbocycles. The minimum atomic E-state index is -0.311. The lowest BCUT2D eigenvalue weighted by molar-refractivity contribution is -0.121. The second kappa shape index (κ2) is 6.35. The molecule has 1 amide bonds. The van der Waals surface area contributed by atoms with Gasteiger partial charge in [0.25, 0.3) is 0 Å². The Bertz CT molecular complexity index is 906. The van der Waals surface area contributed by atoms with Gasteiger partial charge in [0, 0.05) is 11.4 Å². The molecule has 5 nitrogen and oxygen atoms in total. The molecule has 0 saturated carbocycles. The third-order valence-electron chi connectivity index (χ3n) is 4.77. The van der Waals surface area contributed by atoms with Gasteiger partial charge in [-0.25, -0.2) is 4.98 Å². The smallest absolute Gasteiger partial charge is 0.233 e. The lowest BCUT2D eigenvalue weighted by Gasteiger charge is -2.26. The van der Waals surface area contributed by atoms with Crippen LogP contribution in [0.5, 0.6) is 5.75 Å². The minimum absolute atomic E-state index is 0.0837. The first-order valence-electron chi connectivity index (χ1n) is 8.56. The molecule has 1 aromatic heterocycles. The van der Waals surface area contributed by atoms with Crippen LogP contribution in [-0.2, 0) is 17.6 Å². The van der Waals surface area contributed by atoms with Gasteiger partial charge in [0.1, 0.15) is 12.4 Å². The number of hydrogen-bond acceptors (Lipinski definition) is 5. The second-order valence-electron chi connectivity index (χ2n) is 7.69. The number of rotatable bonds is 2. The average Bonchev–Trinajstić information content (AvgIpc) is 2.95. The number of ether oxygens (including phenoxy) is 1. The van der Waals surface area contributed by atoms with Crippen LogP contribution in [0.2, 0.25) is 5.02 Å². The summed E-state index contributed by atoms with van der Waals surface area (Å²) >= 11 is 7.30. The molecule has 2 aliphatic rings. The molecule has 1 N–H and O–H groups in total. The van der Waals surface area contributed by atoms with E-state index in [1.54, 1.807) is 6.07 Å². The highest BCUT2D eigenvalue weighted by molar-refractivity contribution is 7.17. The van der Waals surface area contributed by atoms with E-state index in [0.29, 0.717) is 34.5 Å². The highest BCUT2D eigenvalue weighted by Crippen LogP contribution is 2.38. The van der Waals surface area contributed by atoms with E-state index in [2.05, 4.69) is 24.1 Å². The highest BCUT2D eigenvalue weighted by Gasteiger charge is 2.34. The number of amides is 1. The van der Waals surface area contributed by atoms with Crippen molar-refractivity contribution in [1.82, 2.24) is 4.98 Å². The molecule has 1 aliphatic carbocycles. The van der Waals surface area contributed by atoms with Crippen molar-refractivity contribution < 1.29 is 14.3 Å². The third kappa shape index (κ3) is 3.35. The number of thiazole rings is 1. The monoisotopic (exact) mass is 390 g/mol. The fourth-order valence-corrected chi connectivity index (χ4v) is 4.63. The van der Waals surface area contributed by atoms with Gasteiger partial charge >= 0.3 is 0 Å². The van der Waals surface area contributed by atoms with E-state index in [1.165, 1.54) is 11.3 Å². The molecule has 1 aliphatic heterocycles. The zero-order valence-corrected chi connectivity index (χ0v) is 16.2. The summed E-state index contributed by atoms with van der Waals surface area (Å²) in [7, 11) is 0. The summed E-state index contributed by atoms with van der Waals surface area (Å²) in [5.41, 5.74) is 1.64. The van der Waals surface area contributed by atoms with Gasteiger partial charge in [0.15, 0.2) is 10.9 Å². The Labute approximate surface area is 160 Å². The molecule has 0 bridgehead atoms. The van der Waals surface area contributed by atoms with Gasteiger partial charge in [0.2, 0.25) is 5.91 Å². The number of carbonyl (C=O) groups is 2. The molecular weight excluding hydrogens is 372 g/mol. The number of benzene rings is 1. The van der Waals surface area contributed by atoms with Crippen molar-refractivity contribution in [2.45, 2.75) is 33.1 Å². The number of nitrogens with one attached hydrogen (secondary N) is 1. The normalized spacial score (nSPS) is 20.7. The van der Waals surface area contributed by atoms with Crippen LogP contribution in [0.1, 0.15) is 41.2 Å². The molecule has 0 radical (unpaired) electrons. The number of Topliss-reactive ketones (excluding diaryl/α,β-unsaturated/α-hetero) is 1. The van der Waals surface area contributed by atoms with Crippen LogP contribution < -0.4 is 10.1 Å². The van der Waals surface area contributed by atoms with Gasteiger partial charge in [0.05, 0.1) is 16.5 Å². The van der Waals surface area contributed by atoms with Crippen LogP contribution >= 0.6 is 22.9 Å². The molecule has 1 unspecified atom stereocenters. The average molecular weight is 391 g/mol. The lowest BCUT2D eigenvalue weighted by Crippen LogP contribution is -2.32. The Morgan fingerprint density at radius 1 is 1.38 bits per heavy atom. The molecule has 4 rings (SSSR count). The van der Waals surface area contributed by atoms with Crippen LogP contribution in [0.25, 0.3) is 0 Å². The lowest BCUT2D eigenvalue weighted by atomic mass is 9.78. The van der Waals surface area contributed by atoms with Gasteiger partial charge in [-0.05, 0) is 42.0 Å². The van der Waals surface area contributed by atoms with Crippen LogP contribution in [0.4, 0.5) is 5.13 Å². The van der Waals surface area contributed by atoms with Crippen LogP contribution in [0, 0.1) is 11.3 Å². The molecule has 0 spiro atoms. The molecule has 0 fully saturated rings. The zero-order valence-electron chi connectivity index (χ0n) is 14.6.